The molecule has 0 aliphatic rings. The second-order valence-electron chi connectivity index (χ2n) is 4.20. The van der Waals surface area contributed by atoms with Gasteiger partial charge in [0.2, 0.25) is 5.91 Å². The molecule has 0 spiro atoms. The smallest absolute Gasteiger partial charge is 0.237 e. The van der Waals surface area contributed by atoms with Crippen molar-refractivity contribution in [2.24, 2.45) is 5.73 Å². The van der Waals surface area contributed by atoms with Crippen LogP contribution in [0.3, 0.4) is 0 Å². The summed E-state index contributed by atoms with van der Waals surface area (Å²) in [5, 5.41) is 2.85. The SMILES string of the molecule is CCCC(N)C(=O)NC(C)(C)COC. The zero-order chi connectivity index (χ0) is 11.2. The maximum Gasteiger partial charge on any atom is 0.237 e. The van der Waals surface area contributed by atoms with Crippen molar-refractivity contribution in [1.29, 1.82) is 0 Å². The number of hydrogen-bond donors (Lipinski definition) is 2. The van der Waals surface area contributed by atoms with Crippen LogP contribution in [0.1, 0.15) is 33.6 Å². The third-order valence-electron chi connectivity index (χ3n) is 1.90. The number of rotatable bonds is 6. The summed E-state index contributed by atoms with van der Waals surface area (Å²) in [5.74, 6) is -0.103. The highest BCUT2D eigenvalue weighted by atomic mass is 16.5. The van der Waals surface area contributed by atoms with Crippen molar-refractivity contribution < 1.29 is 9.53 Å². The molecule has 0 saturated heterocycles. The van der Waals surface area contributed by atoms with Gasteiger partial charge in [0, 0.05) is 7.11 Å². The average Bonchev–Trinajstić information content (AvgIpc) is 2.03. The van der Waals surface area contributed by atoms with Crippen LogP contribution in [0.25, 0.3) is 0 Å². The van der Waals surface area contributed by atoms with Gasteiger partial charge in [-0.25, -0.2) is 0 Å². The van der Waals surface area contributed by atoms with Crippen molar-refractivity contribution in [3.8, 4) is 0 Å². The quantitative estimate of drug-likeness (QED) is 0.665. The third kappa shape index (κ3) is 5.19. The Bertz CT molecular complexity index is 181. The van der Waals surface area contributed by atoms with Gasteiger partial charge in [-0.3, -0.25) is 4.79 Å². The molecule has 84 valence electrons. The van der Waals surface area contributed by atoms with E-state index in [0.29, 0.717) is 6.61 Å². The normalized spacial score (nSPS) is 13.8. The number of methoxy groups -OCH3 is 1. The largest absolute Gasteiger partial charge is 0.382 e. The molecule has 1 amide bonds. The van der Waals surface area contributed by atoms with E-state index in [1.54, 1.807) is 7.11 Å². The van der Waals surface area contributed by atoms with Crippen molar-refractivity contribution >= 4 is 5.91 Å². The molecule has 0 aliphatic carbocycles. The van der Waals surface area contributed by atoms with Gasteiger partial charge < -0.3 is 15.8 Å². The van der Waals surface area contributed by atoms with E-state index in [4.69, 9.17) is 10.5 Å². The molecule has 0 rings (SSSR count). The molecule has 0 bridgehead atoms. The molecule has 1 atom stereocenters. The minimum Gasteiger partial charge on any atom is -0.382 e. The van der Waals surface area contributed by atoms with Crippen LogP contribution in [0, 0.1) is 0 Å². The highest BCUT2D eigenvalue weighted by Crippen LogP contribution is 2.03. The Hall–Kier alpha value is -0.610. The molecule has 4 heteroatoms. The highest BCUT2D eigenvalue weighted by Gasteiger charge is 2.23. The van der Waals surface area contributed by atoms with Crippen LogP contribution in [-0.4, -0.2) is 31.2 Å². The van der Waals surface area contributed by atoms with Crippen molar-refractivity contribution in [2.45, 2.75) is 45.2 Å². The van der Waals surface area contributed by atoms with Gasteiger partial charge in [-0.2, -0.15) is 0 Å². The number of nitrogens with one attached hydrogen (secondary N) is 1. The lowest BCUT2D eigenvalue weighted by molar-refractivity contribution is -0.124. The fraction of sp³-hybridized carbons (Fsp3) is 0.900. The van der Waals surface area contributed by atoms with Crippen molar-refractivity contribution in [3.05, 3.63) is 0 Å². The fourth-order valence-electron chi connectivity index (χ4n) is 1.27. The Kier molecular flexibility index (Phi) is 5.72. The summed E-state index contributed by atoms with van der Waals surface area (Å²) in [6, 6.07) is -0.406. The zero-order valence-electron chi connectivity index (χ0n) is 9.59. The van der Waals surface area contributed by atoms with E-state index in [0.717, 1.165) is 12.8 Å². The molecule has 4 nitrogen and oxygen atoms in total. The maximum atomic E-state index is 11.5. The van der Waals surface area contributed by atoms with Gasteiger partial charge in [0.05, 0.1) is 18.2 Å². The van der Waals surface area contributed by atoms with E-state index in [2.05, 4.69) is 5.32 Å². The van der Waals surface area contributed by atoms with Crippen molar-refractivity contribution in [3.63, 3.8) is 0 Å². The second-order valence-corrected chi connectivity index (χ2v) is 4.20. The van der Waals surface area contributed by atoms with E-state index in [-0.39, 0.29) is 11.4 Å². The lowest BCUT2D eigenvalue weighted by atomic mass is 10.1. The van der Waals surface area contributed by atoms with Gasteiger partial charge in [0.25, 0.3) is 0 Å². The zero-order valence-corrected chi connectivity index (χ0v) is 9.59. The Morgan fingerprint density at radius 3 is 2.57 bits per heavy atom. The van der Waals surface area contributed by atoms with Crippen LogP contribution in [-0.2, 0) is 9.53 Å². The molecule has 0 aromatic rings. The standard InChI is InChI=1S/C10H22N2O2/c1-5-6-8(11)9(13)12-10(2,3)7-14-4/h8H,5-7,11H2,1-4H3,(H,12,13). The van der Waals surface area contributed by atoms with Crippen LogP contribution < -0.4 is 11.1 Å². The lowest BCUT2D eigenvalue weighted by Gasteiger charge is -2.26. The van der Waals surface area contributed by atoms with Gasteiger partial charge in [-0.1, -0.05) is 13.3 Å². The van der Waals surface area contributed by atoms with E-state index < -0.39 is 6.04 Å². The first-order valence-corrected chi connectivity index (χ1v) is 4.99. The van der Waals surface area contributed by atoms with Gasteiger partial charge in [-0.05, 0) is 20.3 Å². The van der Waals surface area contributed by atoms with Crippen LogP contribution in [0.2, 0.25) is 0 Å². The molecule has 0 fully saturated rings. The number of hydrogen-bond acceptors (Lipinski definition) is 3. The molecular formula is C10H22N2O2. The minimum absolute atomic E-state index is 0.103. The highest BCUT2D eigenvalue weighted by molar-refractivity contribution is 5.82. The molecular weight excluding hydrogens is 180 g/mol. The van der Waals surface area contributed by atoms with Gasteiger partial charge >= 0.3 is 0 Å². The predicted octanol–water partition coefficient (Wildman–Crippen LogP) is 0.655. The average molecular weight is 202 g/mol. The first kappa shape index (κ1) is 13.4. The number of carbonyl (C=O) groups is 1. The fourth-order valence-corrected chi connectivity index (χ4v) is 1.27. The number of amides is 1. The number of nitrogens with two attached hydrogens (primary N) is 1. The first-order chi connectivity index (χ1) is 6.43. The van der Waals surface area contributed by atoms with E-state index in [9.17, 15) is 4.79 Å². The Labute approximate surface area is 86.2 Å². The molecule has 3 N–H and O–H groups in total. The molecule has 1 unspecified atom stereocenters. The molecule has 0 heterocycles. The molecule has 0 saturated carbocycles. The van der Waals surface area contributed by atoms with Gasteiger partial charge in [-0.15, -0.1) is 0 Å². The molecule has 0 aliphatic heterocycles. The summed E-state index contributed by atoms with van der Waals surface area (Å²) in [6.45, 7) is 6.31. The van der Waals surface area contributed by atoms with E-state index >= 15 is 0 Å². The Morgan fingerprint density at radius 1 is 1.57 bits per heavy atom. The van der Waals surface area contributed by atoms with E-state index in [1.807, 2.05) is 20.8 Å². The predicted molar refractivity (Wildman–Crippen MR) is 57.0 cm³/mol. The van der Waals surface area contributed by atoms with Gasteiger partial charge in [0.1, 0.15) is 0 Å². The maximum absolute atomic E-state index is 11.5. The topological polar surface area (TPSA) is 64.4 Å². The second kappa shape index (κ2) is 5.98. The minimum atomic E-state index is -0.406. The van der Waals surface area contributed by atoms with E-state index in [1.165, 1.54) is 0 Å². The van der Waals surface area contributed by atoms with Crippen LogP contribution in [0.4, 0.5) is 0 Å². The van der Waals surface area contributed by atoms with Crippen LogP contribution in [0.15, 0.2) is 0 Å². The van der Waals surface area contributed by atoms with Crippen molar-refractivity contribution in [1.82, 2.24) is 5.32 Å². The summed E-state index contributed by atoms with van der Waals surface area (Å²) in [5.41, 5.74) is 5.33. The van der Waals surface area contributed by atoms with Crippen LogP contribution in [0.5, 0.6) is 0 Å². The summed E-state index contributed by atoms with van der Waals surface area (Å²) in [6.07, 6.45) is 1.63. The summed E-state index contributed by atoms with van der Waals surface area (Å²) in [4.78, 5) is 11.5. The summed E-state index contributed by atoms with van der Waals surface area (Å²) < 4.78 is 4.99. The third-order valence-corrected chi connectivity index (χ3v) is 1.90. The Balaban J connectivity index is 4.03. The summed E-state index contributed by atoms with van der Waals surface area (Å²) in [7, 11) is 1.61. The molecule has 0 aromatic heterocycles. The van der Waals surface area contributed by atoms with Crippen LogP contribution >= 0.6 is 0 Å². The molecule has 14 heavy (non-hydrogen) atoms. The number of carbonyl (C=O) groups excluding carboxylic acids is 1. The summed E-state index contributed by atoms with van der Waals surface area (Å²) >= 11 is 0. The molecule has 0 aromatic carbocycles. The van der Waals surface area contributed by atoms with Crippen molar-refractivity contribution in [2.75, 3.05) is 13.7 Å². The molecule has 0 radical (unpaired) electrons. The monoisotopic (exact) mass is 202 g/mol. The number of ether oxygens (including phenoxy) is 1. The van der Waals surface area contributed by atoms with Gasteiger partial charge in [0.15, 0.2) is 0 Å². The lowest BCUT2D eigenvalue weighted by Crippen LogP contribution is -2.52. The Morgan fingerprint density at radius 2 is 2.14 bits per heavy atom. The first-order valence-electron chi connectivity index (χ1n) is 4.99.